The third kappa shape index (κ3) is 4.92. The first kappa shape index (κ1) is 35.0. The molecule has 0 aromatic heterocycles. The molecule has 0 radical (unpaired) electrons. The molecule has 5 heteroatoms. The van der Waals surface area contributed by atoms with Crippen LogP contribution in [0.3, 0.4) is 0 Å². The normalized spacial score (nSPS) is 45.8. The number of hydrogen-bond acceptors (Lipinski definition) is 3. The van der Waals surface area contributed by atoms with Gasteiger partial charge in [0.1, 0.15) is 0 Å². The van der Waals surface area contributed by atoms with E-state index in [-0.39, 0.29) is 27.2 Å². The van der Waals surface area contributed by atoms with Crippen molar-refractivity contribution in [2.75, 3.05) is 6.54 Å². The van der Waals surface area contributed by atoms with Gasteiger partial charge in [-0.2, -0.15) is 0 Å². The van der Waals surface area contributed by atoms with Crippen molar-refractivity contribution in [1.29, 1.82) is 0 Å². The molecule has 0 amide bonds. The number of fused-ring (bicyclic) bond motifs is 7. The first-order valence-electron chi connectivity index (χ1n) is 19.0. The Hall–Kier alpha value is -1.88. The monoisotopic (exact) mass is 647 g/mol. The van der Waals surface area contributed by atoms with E-state index in [0.29, 0.717) is 42.6 Å². The van der Waals surface area contributed by atoms with Crippen LogP contribution < -0.4 is 5.32 Å². The van der Waals surface area contributed by atoms with Gasteiger partial charge in [0.2, 0.25) is 0 Å². The summed E-state index contributed by atoms with van der Waals surface area (Å²) in [4.78, 5) is 24.1. The standard InChI is InChI=1S/C42H65NO4/c1-26(2)28-15-22-42(43-25-36(3,4)34(44)45)24-23-40(9)30(33(28)42)11-12-32-39(8)20-16-29(27-13-18-38(7,19-14-27)35(46)47)37(5,6)31(39)17-21-41(32,40)10/h13,16,28,30-33,43H,1,11-12,14-15,17-25H2,2-10H3,(H,44,45)(H,46,47)/t28-,30+,31-,32+,33+,38-,39-,40+,41+,42-/m0/s1. The Balaban J connectivity index is 1.31. The molecule has 6 rings (SSSR count). The van der Waals surface area contributed by atoms with Gasteiger partial charge in [0.05, 0.1) is 10.8 Å². The quantitative estimate of drug-likeness (QED) is 0.240. The Bertz CT molecular complexity index is 1400. The first-order chi connectivity index (χ1) is 21.7. The summed E-state index contributed by atoms with van der Waals surface area (Å²) in [6.45, 7) is 25.9. The number of allylic oxidation sites excluding steroid dienone is 5. The Kier molecular flexibility index (Phi) is 8.23. The van der Waals surface area contributed by atoms with Crippen LogP contribution in [0, 0.1) is 62.1 Å². The van der Waals surface area contributed by atoms with Gasteiger partial charge in [0.25, 0.3) is 0 Å². The van der Waals surface area contributed by atoms with E-state index in [1.807, 2.05) is 20.8 Å². The Labute approximate surface area is 285 Å². The smallest absolute Gasteiger partial charge is 0.310 e. The third-order valence-corrected chi connectivity index (χ3v) is 16.7. The van der Waals surface area contributed by atoms with E-state index in [0.717, 1.165) is 38.5 Å². The fraction of sp³-hybridized carbons (Fsp3) is 0.810. The molecule has 0 unspecified atom stereocenters. The average molecular weight is 648 g/mol. The zero-order valence-electron chi connectivity index (χ0n) is 31.2. The van der Waals surface area contributed by atoms with Crippen LogP contribution in [-0.2, 0) is 9.59 Å². The molecule has 0 spiro atoms. The lowest BCUT2D eigenvalue weighted by Gasteiger charge is -2.72. The van der Waals surface area contributed by atoms with Crippen molar-refractivity contribution < 1.29 is 19.8 Å². The molecule has 10 atom stereocenters. The third-order valence-electron chi connectivity index (χ3n) is 16.7. The summed E-state index contributed by atoms with van der Waals surface area (Å²) in [5, 5.41) is 23.8. The molecule has 4 fully saturated rings. The predicted molar refractivity (Wildman–Crippen MR) is 190 cm³/mol. The van der Waals surface area contributed by atoms with Crippen LogP contribution in [0.1, 0.15) is 139 Å². The summed E-state index contributed by atoms with van der Waals surface area (Å²) < 4.78 is 0. The van der Waals surface area contributed by atoms with Crippen molar-refractivity contribution in [3.05, 3.63) is 35.5 Å². The van der Waals surface area contributed by atoms with E-state index in [4.69, 9.17) is 0 Å². The van der Waals surface area contributed by atoms with Crippen LogP contribution in [0.15, 0.2) is 35.5 Å². The van der Waals surface area contributed by atoms with Crippen LogP contribution in [0.25, 0.3) is 0 Å². The molecule has 0 aliphatic heterocycles. The number of nitrogens with one attached hydrogen (secondary N) is 1. The maximum absolute atomic E-state index is 12.1. The van der Waals surface area contributed by atoms with Crippen molar-refractivity contribution in [1.82, 2.24) is 5.32 Å². The molecule has 3 N–H and O–H groups in total. The highest BCUT2D eigenvalue weighted by atomic mass is 16.4. The van der Waals surface area contributed by atoms with Crippen LogP contribution in [0.4, 0.5) is 0 Å². The first-order valence-corrected chi connectivity index (χ1v) is 19.0. The molecule has 0 aromatic rings. The van der Waals surface area contributed by atoms with Gasteiger partial charge in [0.15, 0.2) is 0 Å². The van der Waals surface area contributed by atoms with Crippen LogP contribution >= 0.6 is 0 Å². The van der Waals surface area contributed by atoms with E-state index in [1.165, 1.54) is 48.8 Å². The van der Waals surface area contributed by atoms with Gasteiger partial charge < -0.3 is 15.5 Å². The van der Waals surface area contributed by atoms with Crippen LogP contribution in [0.2, 0.25) is 0 Å². The van der Waals surface area contributed by atoms with E-state index in [2.05, 4.69) is 65.6 Å². The zero-order valence-corrected chi connectivity index (χ0v) is 31.2. The topological polar surface area (TPSA) is 86.6 Å². The predicted octanol–water partition coefficient (Wildman–Crippen LogP) is 9.83. The SMILES string of the molecule is C=C(C)[C@@H]1CC[C@]2(NCC(C)(C)C(=O)O)CC[C@]3(C)[C@H](CC[C@@H]4[C@@]5(C)CC=C(C6=CC[C@](C)(C(=O)O)CC6)C(C)(C)[C@@H]5CC[C@]43C)[C@@H]12. The molecule has 4 saturated carbocycles. The highest BCUT2D eigenvalue weighted by Crippen LogP contribution is 2.76. The number of rotatable bonds is 7. The van der Waals surface area contributed by atoms with Gasteiger partial charge in [-0.05, 0) is 167 Å². The highest BCUT2D eigenvalue weighted by Gasteiger charge is 2.70. The number of carboxylic acid groups (broad SMARTS) is 2. The van der Waals surface area contributed by atoms with Crippen LogP contribution in [0.5, 0.6) is 0 Å². The minimum atomic E-state index is -0.790. The highest BCUT2D eigenvalue weighted by molar-refractivity contribution is 5.75. The van der Waals surface area contributed by atoms with Crippen molar-refractivity contribution in [3.63, 3.8) is 0 Å². The van der Waals surface area contributed by atoms with Gasteiger partial charge >= 0.3 is 11.9 Å². The lowest BCUT2D eigenvalue weighted by molar-refractivity contribution is -0.221. The largest absolute Gasteiger partial charge is 0.481 e. The van der Waals surface area contributed by atoms with Crippen LogP contribution in [-0.4, -0.2) is 34.2 Å². The molecule has 0 aromatic carbocycles. The lowest BCUT2D eigenvalue weighted by atomic mass is 9.33. The summed E-state index contributed by atoms with van der Waals surface area (Å²) in [5.41, 5.74) is 3.59. The Morgan fingerprint density at radius 2 is 1.57 bits per heavy atom. The minimum absolute atomic E-state index is 0.000280. The summed E-state index contributed by atoms with van der Waals surface area (Å²) in [6.07, 6.45) is 17.9. The fourth-order valence-electron chi connectivity index (χ4n) is 13.5. The second-order valence-electron chi connectivity index (χ2n) is 19.7. The van der Waals surface area contributed by atoms with E-state index >= 15 is 0 Å². The molecule has 0 bridgehead atoms. The molecular weight excluding hydrogens is 582 g/mol. The maximum Gasteiger partial charge on any atom is 0.310 e. The maximum atomic E-state index is 12.1. The second kappa shape index (κ2) is 11.1. The Morgan fingerprint density at radius 3 is 2.17 bits per heavy atom. The Morgan fingerprint density at radius 1 is 0.872 bits per heavy atom. The number of hydrogen-bond donors (Lipinski definition) is 3. The number of aliphatic carboxylic acids is 2. The molecule has 0 saturated heterocycles. The minimum Gasteiger partial charge on any atom is -0.481 e. The van der Waals surface area contributed by atoms with Gasteiger partial charge in [0, 0.05) is 12.1 Å². The summed E-state index contributed by atoms with van der Waals surface area (Å²) in [7, 11) is 0. The summed E-state index contributed by atoms with van der Waals surface area (Å²) in [6, 6.07) is 0. The summed E-state index contributed by atoms with van der Waals surface area (Å²) in [5.74, 6) is 1.50. The molecule has 262 valence electrons. The van der Waals surface area contributed by atoms with Gasteiger partial charge in [-0.3, -0.25) is 9.59 Å². The zero-order chi connectivity index (χ0) is 34.6. The molecule has 47 heavy (non-hydrogen) atoms. The van der Waals surface area contributed by atoms with Crippen molar-refractivity contribution in [2.45, 2.75) is 145 Å². The average Bonchev–Trinajstić information content (AvgIpc) is 3.37. The fourth-order valence-corrected chi connectivity index (χ4v) is 13.5. The molecule has 0 heterocycles. The van der Waals surface area contributed by atoms with Crippen molar-refractivity contribution in [3.8, 4) is 0 Å². The number of carbonyl (C=O) groups is 2. The lowest BCUT2D eigenvalue weighted by Crippen LogP contribution is -2.68. The molecule has 6 aliphatic rings. The van der Waals surface area contributed by atoms with Gasteiger partial charge in [-0.15, -0.1) is 0 Å². The molecular formula is C42H65NO4. The van der Waals surface area contributed by atoms with E-state index < -0.39 is 22.8 Å². The summed E-state index contributed by atoms with van der Waals surface area (Å²) >= 11 is 0. The molecule has 6 aliphatic carbocycles. The van der Waals surface area contributed by atoms with Gasteiger partial charge in [-0.1, -0.05) is 58.9 Å². The number of carboxylic acids is 2. The van der Waals surface area contributed by atoms with E-state index in [9.17, 15) is 19.8 Å². The molecule has 5 nitrogen and oxygen atoms in total. The van der Waals surface area contributed by atoms with Crippen molar-refractivity contribution in [2.24, 2.45) is 62.1 Å². The van der Waals surface area contributed by atoms with E-state index in [1.54, 1.807) is 0 Å². The van der Waals surface area contributed by atoms with Gasteiger partial charge in [-0.25, -0.2) is 0 Å². The second-order valence-corrected chi connectivity index (χ2v) is 19.7. The van der Waals surface area contributed by atoms with Crippen molar-refractivity contribution >= 4 is 11.9 Å².